The van der Waals surface area contributed by atoms with Gasteiger partial charge in [-0.1, -0.05) is 20.8 Å². The van der Waals surface area contributed by atoms with Crippen molar-refractivity contribution in [2.45, 2.75) is 46.6 Å². The van der Waals surface area contributed by atoms with E-state index in [0.717, 1.165) is 5.69 Å². The van der Waals surface area contributed by atoms with Gasteiger partial charge in [-0.05, 0) is 31.2 Å². The molecule has 1 aromatic rings. The molecule has 2 unspecified atom stereocenters. The van der Waals surface area contributed by atoms with Gasteiger partial charge < -0.3 is 10.4 Å². The molecule has 0 spiro atoms. The molecule has 0 aliphatic heterocycles. The number of aryl methyl sites for hydroxylation is 1. The number of hydrogen-bond donors (Lipinski definition) is 3. The number of nitrogens with one attached hydrogen (secondary N) is 2. The molecule has 6 heteroatoms. The Morgan fingerprint density at radius 3 is 2.50 bits per heavy atom. The molecule has 0 aromatic carbocycles. The third-order valence-electron chi connectivity index (χ3n) is 3.59. The van der Waals surface area contributed by atoms with Crippen LogP contribution in [0.1, 0.15) is 49.3 Å². The maximum absolute atomic E-state index is 12.3. The zero-order valence-corrected chi connectivity index (χ0v) is 12.5. The van der Waals surface area contributed by atoms with Gasteiger partial charge in [0.05, 0.1) is 5.69 Å². The van der Waals surface area contributed by atoms with Crippen LogP contribution in [0.15, 0.2) is 4.79 Å². The highest BCUT2D eigenvalue weighted by molar-refractivity contribution is 5.95. The minimum atomic E-state index is -0.472. The highest BCUT2D eigenvalue weighted by atomic mass is 16.3. The number of aromatic amines is 1. The van der Waals surface area contributed by atoms with Crippen molar-refractivity contribution in [3.8, 4) is 0 Å². The minimum absolute atomic E-state index is 0.0189. The van der Waals surface area contributed by atoms with Crippen molar-refractivity contribution >= 4 is 5.91 Å². The number of amides is 1. The molecule has 1 aromatic heterocycles. The standard InChI is InChI=1S/C14H23N3O3/c1-5-10-11(6-2)16-17-14(20)12(10)13(19)15-9(4)8(3)7-18/h8-9,18H,5-7H2,1-4H3,(H,15,19)(H,17,20). The molecule has 6 nitrogen and oxygen atoms in total. The Morgan fingerprint density at radius 1 is 1.35 bits per heavy atom. The molecule has 0 radical (unpaired) electrons. The van der Waals surface area contributed by atoms with E-state index in [1.54, 1.807) is 6.92 Å². The van der Waals surface area contributed by atoms with Crippen LogP contribution in [0.4, 0.5) is 0 Å². The van der Waals surface area contributed by atoms with E-state index in [-0.39, 0.29) is 24.1 Å². The monoisotopic (exact) mass is 281 g/mol. The van der Waals surface area contributed by atoms with Gasteiger partial charge in [0, 0.05) is 12.6 Å². The SMILES string of the molecule is CCc1n[nH]c(=O)c(C(=O)NC(C)C(C)CO)c1CC. The molecule has 0 saturated carbocycles. The second-order valence-corrected chi connectivity index (χ2v) is 4.98. The summed E-state index contributed by atoms with van der Waals surface area (Å²) in [6.45, 7) is 7.44. The second-order valence-electron chi connectivity index (χ2n) is 4.98. The summed E-state index contributed by atoms with van der Waals surface area (Å²) in [6, 6.07) is -0.213. The molecule has 112 valence electrons. The summed E-state index contributed by atoms with van der Waals surface area (Å²) in [6.07, 6.45) is 1.23. The number of carbonyl (C=O) groups excluding carboxylic acids is 1. The summed E-state index contributed by atoms with van der Waals surface area (Å²) in [5.41, 5.74) is 1.09. The fraction of sp³-hybridized carbons (Fsp3) is 0.643. The van der Waals surface area contributed by atoms with Crippen LogP contribution in [-0.2, 0) is 12.8 Å². The van der Waals surface area contributed by atoms with Crippen LogP contribution >= 0.6 is 0 Å². The van der Waals surface area contributed by atoms with E-state index >= 15 is 0 Å². The maximum atomic E-state index is 12.3. The molecule has 1 amide bonds. The third-order valence-corrected chi connectivity index (χ3v) is 3.59. The molecule has 3 N–H and O–H groups in total. The van der Waals surface area contributed by atoms with Crippen LogP contribution in [-0.4, -0.2) is 33.9 Å². The lowest BCUT2D eigenvalue weighted by Crippen LogP contribution is -2.41. The molecule has 0 aliphatic rings. The maximum Gasteiger partial charge on any atom is 0.277 e. The molecule has 0 bridgehead atoms. The lowest BCUT2D eigenvalue weighted by molar-refractivity contribution is 0.0913. The van der Waals surface area contributed by atoms with Gasteiger partial charge in [0.25, 0.3) is 11.5 Å². The molecule has 2 atom stereocenters. The number of rotatable bonds is 6. The first-order valence-corrected chi connectivity index (χ1v) is 6.98. The number of nitrogens with zero attached hydrogens (tertiary/aromatic N) is 1. The third kappa shape index (κ3) is 3.45. The van der Waals surface area contributed by atoms with Crippen molar-refractivity contribution in [3.05, 3.63) is 27.2 Å². The van der Waals surface area contributed by atoms with Gasteiger partial charge >= 0.3 is 0 Å². The summed E-state index contributed by atoms with van der Waals surface area (Å²) in [4.78, 5) is 24.2. The minimum Gasteiger partial charge on any atom is -0.396 e. The average molecular weight is 281 g/mol. The Labute approximate surface area is 118 Å². The Bertz CT molecular complexity index is 525. The quantitative estimate of drug-likeness (QED) is 0.713. The normalized spacial score (nSPS) is 13.8. The summed E-state index contributed by atoms with van der Waals surface area (Å²) in [5.74, 6) is -0.483. The zero-order chi connectivity index (χ0) is 15.3. The topological polar surface area (TPSA) is 95.1 Å². The highest BCUT2D eigenvalue weighted by Crippen LogP contribution is 2.11. The lowest BCUT2D eigenvalue weighted by atomic mass is 10.0. The van der Waals surface area contributed by atoms with Crippen molar-refractivity contribution in [2.24, 2.45) is 5.92 Å². The van der Waals surface area contributed by atoms with Crippen molar-refractivity contribution in [3.63, 3.8) is 0 Å². The van der Waals surface area contributed by atoms with Crippen molar-refractivity contribution in [2.75, 3.05) is 6.61 Å². The van der Waals surface area contributed by atoms with Crippen molar-refractivity contribution in [1.29, 1.82) is 0 Å². The predicted octanol–water partition coefficient (Wildman–Crippen LogP) is 0.641. The predicted molar refractivity (Wildman–Crippen MR) is 76.8 cm³/mol. The van der Waals surface area contributed by atoms with Crippen molar-refractivity contribution in [1.82, 2.24) is 15.5 Å². The van der Waals surface area contributed by atoms with Crippen LogP contribution in [0.25, 0.3) is 0 Å². The van der Waals surface area contributed by atoms with E-state index in [1.165, 1.54) is 0 Å². The molecule has 0 aliphatic carbocycles. The number of aliphatic hydroxyl groups is 1. The van der Waals surface area contributed by atoms with Gasteiger partial charge in [-0.2, -0.15) is 5.10 Å². The first-order valence-electron chi connectivity index (χ1n) is 6.98. The summed E-state index contributed by atoms with van der Waals surface area (Å²) >= 11 is 0. The number of aromatic nitrogens is 2. The smallest absolute Gasteiger partial charge is 0.277 e. The van der Waals surface area contributed by atoms with Gasteiger partial charge in [-0.25, -0.2) is 5.10 Å². The van der Waals surface area contributed by atoms with Gasteiger partial charge in [0.2, 0.25) is 0 Å². The fourth-order valence-corrected chi connectivity index (χ4v) is 2.02. The summed E-state index contributed by atoms with van der Waals surface area (Å²) < 4.78 is 0. The van der Waals surface area contributed by atoms with Crippen LogP contribution in [0.5, 0.6) is 0 Å². The van der Waals surface area contributed by atoms with Crippen molar-refractivity contribution < 1.29 is 9.90 Å². The first-order chi connectivity index (χ1) is 9.46. The average Bonchev–Trinajstić information content (AvgIpc) is 2.45. The zero-order valence-electron chi connectivity index (χ0n) is 12.5. The molecular weight excluding hydrogens is 258 g/mol. The molecular formula is C14H23N3O3. The van der Waals surface area contributed by atoms with E-state index in [2.05, 4.69) is 15.5 Å². The first kappa shape index (κ1) is 16.4. The number of hydrogen-bond acceptors (Lipinski definition) is 4. The second kappa shape index (κ2) is 7.19. The van der Waals surface area contributed by atoms with Crippen LogP contribution < -0.4 is 10.9 Å². The van der Waals surface area contributed by atoms with Gasteiger partial charge in [0.1, 0.15) is 5.56 Å². The molecule has 1 heterocycles. The molecule has 0 fully saturated rings. The summed E-state index contributed by atoms with van der Waals surface area (Å²) in [7, 11) is 0. The van der Waals surface area contributed by atoms with E-state index in [4.69, 9.17) is 5.11 Å². The number of carbonyl (C=O) groups is 1. The van der Waals surface area contributed by atoms with Gasteiger partial charge in [0.15, 0.2) is 0 Å². The Kier molecular flexibility index (Phi) is 5.88. The summed E-state index contributed by atoms with van der Waals surface area (Å²) in [5, 5.41) is 18.2. The highest BCUT2D eigenvalue weighted by Gasteiger charge is 2.21. The largest absolute Gasteiger partial charge is 0.396 e. The van der Waals surface area contributed by atoms with Gasteiger partial charge in [-0.15, -0.1) is 0 Å². The molecule has 0 saturated heterocycles. The lowest BCUT2D eigenvalue weighted by Gasteiger charge is -2.20. The van der Waals surface area contributed by atoms with Gasteiger partial charge in [-0.3, -0.25) is 9.59 Å². The van der Waals surface area contributed by atoms with E-state index in [0.29, 0.717) is 18.4 Å². The van der Waals surface area contributed by atoms with E-state index in [9.17, 15) is 9.59 Å². The fourth-order valence-electron chi connectivity index (χ4n) is 2.02. The Hall–Kier alpha value is -1.69. The van der Waals surface area contributed by atoms with Crippen LogP contribution in [0.2, 0.25) is 0 Å². The Morgan fingerprint density at radius 2 is 2.00 bits per heavy atom. The van der Waals surface area contributed by atoms with E-state index in [1.807, 2.05) is 20.8 Å². The molecule has 1 rings (SSSR count). The number of aliphatic hydroxyl groups excluding tert-OH is 1. The van der Waals surface area contributed by atoms with Crippen LogP contribution in [0, 0.1) is 5.92 Å². The number of H-pyrrole nitrogens is 1. The Balaban J connectivity index is 3.12. The molecule has 20 heavy (non-hydrogen) atoms. The van der Waals surface area contributed by atoms with E-state index < -0.39 is 11.5 Å². The van der Waals surface area contributed by atoms with Crippen LogP contribution in [0.3, 0.4) is 0 Å².